The van der Waals surface area contributed by atoms with Crippen LogP contribution in [0.2, 0.25) is 5.02 Å². The second kappa shape index (κ2) is 5.91. The Morgan fingerprint density at radius 2 is 2.26 bits per heavy atom. The first-order valence-electron chi connectivity index (χ1n) is 5.64. The first-order valence-corrected chi connectivity index (χ1v) is 6.90. The third-order valence-corrected chi connectivity index (χ3v) is 3.64. The van der Waals surface area contributed by atoms with Gasteiger partial charge in [-0.3, -0.25) is 4.79 Å². The smallest absolute Gasteiger partial charge is 0.248 e. The number of nitrogens with two attached hydrogens (primary N) is 1. The molecule has 0 saturated carbocycles. The molecule has 19 heavy (non-hydrogen) atoms. The molecule has 0 bridgehead atoms. The van der Waals surface area contributed by atoms with Crippen LogP contribution in [0.4, 0.5) is 11.4 Å². The van der Waals surface area contributed by atoms with Crippen molar-refractivity contribution in [3.05, 3.63) is 51.2 Å². The van der Waals surface area contributed by atoms with Crippen LogP contribution in [0.1, 0.15) is 10.4 Å². The van der Waals surface area contributed by atoms with Crippen LogP contribution in [0, 0.1) is 6.92 Å². The Morgan fingerprint density at radius 1 is 1.47 bits per heavy atom. The van der Waals surface area contributed by atoms with Gasteiger partial charge in [0, 0.05) is 16.6 Å². The summed E-state index contributed by atoms with van der Waals surface area (Å²) in [6.45, 7) is 1.85. The van der Waals surface area contributed by atoms with Crippen molar-refractivity contribution >= 4 is 46.3 Å². The molecular weight excluding hydrogens is 280 g/mol. The number of carbonyl (C=O) groups is 1. The predicted molar refractivity (Wildman–Crippen MR) is 82.6 cm³/mol. The van der Waals surface area contributed by atoms with Crippen LogP contribution >= 0.6 is 22.9 Å². The second-order valence-electron chi connectivity index (χ2n) is 4.03. The van der Waals surface area contributed by atoms with Gasteiger partial charge in [0.2, 0.25) is 5.91 Å². The van der Waals surface area contributed by atoms with Crippen LogP contribution < -0.4 is 11.1 Å². The van der Waals surface area contributed by atoms with Gasteiger partial charge in [-0.1, -0.05) is 17.7 Å². The Bertz CT molecular complexity index is 597. The third kappa shape index (κ3) is 3.59. The highest BCUT2D eigenvalue weighted by atomic mass is 35.5. The summed E-state index contributed by atoms with van der Waals surface area (Å²) in [4.78, 5) is 12.8. The standard InChI is InChI=1S/C14H13ClN2OS/c1-9-7-10(16)8-12(15)14(9)17-13(18)5-4-11-3-2-6-19-11/h2-8H,16H2,1H3,(H,17,18)/b5-4+. The number of nitrogen functional groups attached to an aromatic ring is 1. The summed E-state index contributed by atoms with van der Waals surface area (Å²) in [5.74, 6) is -0.219. The maximum atomic E-state index is 11.8. The molecule has 98 valence electrons. The molecule has 0 spiro atoms. The molecular formula is C14H13ClN2OS. The number of amides is 1. The number of hydrogen-bond acceptors (Lipinski definition) is 3. The van der Waals surface area contributed by atoms with Gasteiger partial charge in [0.15, 0.2) is 0 Å². The number of halogens is 1. The minimum absolute atomic E-state index is 0.219. The molecule has 0 saturated heterocycles. The van der Waals surface area contributed by atoms with E-state index in [0.717, 1.165) is 10.4 Å². The molecule has 0 radical (unpaired) electrons. The Hall–Kier alpha value is -1.78. The van der Waals surface area contributed by atoms with E-state index in [-0.39, 0.29) is 5.91 Å². The van der Waals surface area contributed by atoms with Crippen LogP contribution in [0.5, 0.6) is 0 Å². The average Bonchev–Trinajstić information content (AvgIpc) is 2.84. The molecule has 1 heterocycles. The van der Waals surface area contributed by atoms with E-state index in [1.54, 1.807) is 29.5 Å². The molecule has 1 aromatic carbocycles. The van der Waals surface area contributed by atoms with Crippen molar-refractivity contribution in [1.29, 1.82) is 0 Å². The fourth-order valence-corrected chi connectivity index (χ4v) is 2.58. The molecule has 2 rings (SSSR count). The zero-order chi connectivity index (χ0) is 13.8. The van der Waals surface area contributed by atoms with Crippen molar-refractivity contribution < 1.29 is 4.79 Å². The molecule has 0 aliphatic heterocycles. The van der Waals surface area contributed by atoms with Gasteiger partial charge in [0.25, 0.3) is 0 Å². The Morgan fingerprint density at radius 3 is 2.89 bits per heavy atom. The fraction of sp³-hybridized carbons (Fsp3) is 0.0714. The molecule has 1 amide bonds. The van der Waals surface area contributed by atoms with Crippen LogP contribution in [0.25, 0.3) is 6.08 Å². The molecule has 0 aliphatic carbocycles. The molecule has 1 aromatic heterocycles. The quantitative estimate of drug-likeness (QED) is 0.665. The Labute approximate surface area is 120 Å². The molecule has 3 N–H and O–H groups in total. The third-order valence-electron chi connectivity index (χ3n) is 2.50. The van der Waals surface area contributed by atoms with Crippen LogP contribution in [0.15, 0.2) is 35.7 Å². The summed E-state index contributed by atoms with van der Waals surface area (Å²) in [6, 6.07) is 7.26. The van der Waals surface area contributed by atoms with Gasteiger partial charge in [-0.15, -0.1) is 11.3 Å². The van der Waals surface area contributed by atoms with Gasteiger partial charge in [-0.25, -0.2) is 0 Å². The Kier molecular flexibility index (Phi) is 4.24. The molecule has 0 atom stereocenters. The Balaban J connectivity index is 2.11. The number of anilines is 2. The fourth-order valence-electron chi connectivity index (χ4n) is 1.64. The highest BCUT2D eigenvalue weighted by molar-refractivity contribution is 7.10. The van der Waals surface area contributed by atoms with E-state index in [4.69, 9.17) is 17.3 Å². The number of aryl methyl sites for hydroxylation is 1. The molecule has 2 aromatic rings. The van der Waals surface area contributed by atoms with Gasteiger partial charge < -0.3 is 11.1 Å². The SMILES string of the molecule is Cc1cc(N)cc(Cl)c1NC(=O)/C=C/c1cccs1. The lowest BCUT2D eigenvalue weighted by Crippen LogP contribution is -2.09. The maximum Gasteiger partial charge on any atom is 0.248 e. The molecule has 0 unspecified atom stereocenters. The number of carbonyl (C=O) groups excluding carboxylic acids is 1. The van der Waals surface area contributed by atoms with Gasteiger partial charge in [0.1, 0.15) is 0 Å². The summed E-state index contributed by atoms with van der Waals surface area (Å²) in [6.07, 6.45) is 3.25. The lowest BCUT2D eigenvalue weighted by molar-refractivity contribution is -0.111. The first-order chi connectivity index (χ1) is 9.06. The van der Waals surface area contributed by atoms with E-state index in [1.807, 2.05) is 24.4 Å². The zero-order valence-electron chi connectivity index (χ0n) is 10.3. The van der Waals surface area contributed by atoms with Crippen molar-refractivity contribution in [2.45, 2.75) is 6.92 Å². The van der Waals surface area contributed by atoms with E-state index in [1.165, 1.54) is 6.08 Å². The van der Waals surface area contributed by atoms with E-state index in [2.05, 4.69) is 5.32 Å². The van der Waals surface area contributed by atoms with Crippen LogP contribution in [-0.4, -0.2) is 5.91 Å². The lowest BCUT2D eigenvalue weighted by Gasteiger charge is -2.09. The topological polar surface area (TPSA) is 55.1 Å². The molecule has 0 aliphatic rings. The van der Waals surface area contributed by atoms with Crippen molar-refractivity contribution in [3.63, 3.8) is 0 Å². The van der Waals surface area contributed by atoms with Crippen molar-refractivity contribution in [2.24, 2.45) is 0 Å². The summed E-state index contributed by atoms with van der Waals surface area (Å²) in [5.41, 5.74) is 7.68. The number of nitrogens with one attached hydrogen (secondary N) is 1. The summed E-state index contributed by atoms with van der Waals surface area (Å²) in [7, 11) is 0. The van der Waals surface area contributed by atoms with Gasteiger partial charge >= 0.3 is 0 Å². The first kappa shape index (κ1) is 13.6. The largest absolute Gasteiger partial charge is 0.399 e. The van der Waals surface area contributed by atoms with E-state index in [9.17, 15) is 4.79 Å². The van der Waals surface area contributed by atoms with Crippen molar-refractivity contribution in [3.8, 4) is 0 Å². The minimum Gasteiger partial charge on any atom is -0.399 e. The normalized spacial score (nSPS) is 10.8. The lowest BCUT2D eigenvalue weighted by atomic mass is 10.1. The number of hydrogen-bond donors (Lipinski definition) is 2. The van der Waals surface area contributed by atoms with Crippen LogP contribution in [0.3, 0.4) is 0 Å². The summed E-state index contributed by atoms with van der Waals surface area (Å²) >= 11 is 7.63. The zero-order valence-corrected chi connectivity index (χ0v) is 11.9. The van der Waals surface area contributed by atoms with E-state index >= 15 is 0 Å². The van der Waals surface area contributed by atoms with E-state index in [0.29, 0.717) is 16.4 Å². The summed E-state index contributed by atoms with van der Waals surface area (Å²) < 4.78 is 0. The predicted octanol–water partition coefficient (Wildman–Crippen LogP) is 3.94. The van der Waals surface area contributed by atoms with Crippen molar-refractivity contribution in [2.75, 3.05) is 11.1 Å². The van der Waals surface area contributed by atoms with Gasteiger partial charge in [0.05, 0.1) is 10.7 Å². The molecule has 5 heteroatoms. The van der Waals surface area contributed by atoms with Crippen LogP contribution in [-0.2, 0) is 4.79 Å². The van der Waals surface area contributed by atoms with Gasteiger partial charge in [-0.2, -0.15) is 0 Å². The number of benzene rings is 1. The highest BCUT2D eigenvalue weighted by Crippen LogP contribution is 2.28. The van der Waals surface area contributed by atoms with E-state index < -0.39 is 0 Å². The summed E-state index contributed by atoms with van der Waals surface area (Å²) in [5, 5.41) is 5.16. The highest BCUT2D eigenvalue weighted by Gasteiger charge is 2.07. The maximum absolute atomic E-state index is 11.8. The second-order valence-corrected chi connectivity index (χ2v) is 5.42. The number of thiophene rings is 1. The molecule has 3 nitrogen and oxygen atoms in total. The minimum atomic E-state index is -0.219. The van der Waals surface area contributed by atoms with Crippen molar-refractivity contribution in [1.82, 2.24) is 0 Å². The van der Waals surface area contributed by atoms with Gasteiger partial charge in [-0.05, 0) is 42.1 Å². The average molecular weight is 293 g/mol. The number of rotatable bonds is 3. The molecule has 0 fully saturated rings. The monoisotopic (exact) mass is 292 g/mol.